The van der Waals surface area contributed by atoms with Gasteiger partial charge in [0.05, 0.1) is 0 Å². The summed E-state index contributed by atoms with van der Waals surface area (Å²) in [5.74, 6) is 0.799. The zero-order valence-corrected chi connectivity index (χ0v) is 7.93. The molecule has 0 amide bonds. The van der Waals surface area contributed by atoms with Crippen LogP contribution in [0.15, 0.2) is 30.3 Å². The smallest absolute Gasteiger partial charge is 0.188 e. The molecule has 0 saturated heterocycles. The van der Waals surface area contributed by atoms with Gasteiger partial charge in [0.15, 0.2) is 5.12 Å². The van der Waals surface area contributed by atoms with Crippen molar-refractivity contribution in [2.24, 2.45) is 0 Å². The Bertz CT molecular complexity index is 243. The highest BCUT2D eigenvalue weighted by Gasteiger charge is 1.98. The van der Waals surface area contributed by atoms with Crippen molar-refractivity contribution >= 4 is 16.9 Å². The van der Waals surface area contributed by atoms with Crippen molar-refractivity contribution in [1.29, 1.82) is 0 Å². The number of benzene rings is 1. The van der Waals surface area contributed by atoms with E-state index < -0.39 is 0 Å². The van der Waals surface area contributed by atoms with E-state index in [0.717, 1.165) is 5.75 Å². The Labute approximate surface area is 77.2 Å². The summed E-state index contributed by atoms with van der Waals surface area (Å²) < 4.78 is 0. The molecule has 64 valence electrons. The third kappa shape index (κ3) is 3.09. The van der Waals surface area contributed by atoms with Crippen molar-refractivity contribution in [3.05, 3.63) is 35.9 Å². The second-order valence-electron chi connectivity index (χ2n) is 2.50. The van der Waals surface area contributed by atoms with Crippen LogP contribution >= 0.6 is 11.8 Å². The second kappa shape index (κ2) is 4.99. The summed E-state index contributed by atoms with van der Waals surface area (Å²) in [6.07, 6.45) is 0.623. The van der Waals surface area contributed by atoms with Crippen molar-refractivity contribution in [3.8, 4) is 0 Å². The first-order chi connectivity index (χ1) is 5.83. The molecule has 0 aliphatic rings. The predicted molar refractivity (Wildman–Crippen MR) is 53.0 cm³/mol. The lowest BCUT2D eigenvalue weighted by atomic mass is 10.2. The lowest BCUT2D eigenvalue weighted by Gasteiger charge is -1.97. The minimum absolute atomic E-state index is 0.263. The van der Waals surface area contributed by atoms with Gasteiger partial charge in [-0.1, -0.05) is 49.0 Å². The Morgan fingerprint density at radius 2 is 2.00 bits per heavy atom. The van der Waals surface area contributed by atoms with Crippen LogP contribution in [0.3, 0.4) is 0 Å². The molecule has 0 saturated carbocycles. The molecule has 1 rings (SSSR count). The highest BCUT2D eigenvalue weighted by Crippen LogP contribution is 2.13. The SMILES string of the molecule is CCC(=O)SCc1ccccc1. The van der Waals surface area contributed by atoms with E-state index in [2.05, 4.69) is 0 Å². The molecule has 0 N–H and O–H groups in total. The van der Waals surface area contributed by atoms with Gasteiger partial charge in [-0.25, -0.2) is 0 Å². The largest absolute Gasteiger partial charge is 0.287 e. The second-order valence-corrected chi connectivity index (χ2v) is 3.53. The third-order valence-corrected chi connectivity index (χ3v) is 2.62. The van der Waals surface area contributed by atoms with Crippen LogP contribution in [0, 0.1) is 0 Å². The minimum Gasteiger partial charge on any atom is -0.287 e. The summed E-state index contributed by atoms with van der Waals surface area (Å²) in [6.45, 7) is 1.89. The molecule has 0 bridgehead atoms. The molecule has 2 heteroatoms. The fourth-order valence-corrected chi connectivity index (χ4v) is 1.56. The summed E-state index contributed by atoms with van der Waals surface area (Å²) in [6, 6.07) is 10.0. The first-order valence-corrected chi connectivity index (χ1v) is 5.01. The van der Waals surface area contributed by atoms with Crippen LogP contribution in [0.2, 0.25) is 0 Å². The van der Waals surface area contributed by atoms with Crippen LogP contribution < -0.4 is 0 Å². The van der Waals surface area contributed by atoms with E-state index in [4.69, 9.17) is 0 Å². The maximum absolute atomic E-state index is 10.9. The lowest BCUT2D eigenvalue weighted by Crippen LogP contribution is -1.88. The van der Waals surface area contributed by atoms with Crippen molar-refractivity contribution in [3.63, 3.8) is 0 Å². The molecule has 0 spiro atoms. The number of rotatable bonds is 3. The normalized spacial score (nSPS) is 9.75. The van der Waals surface area contributed by atoms with Crippen molar-refractivity contribution in [2.45, 2.75) is 19.1 Å². The molecular formula is C10H12OS. The van der Waals surface area contributed by atoms with Crippen molar-refractivity contribution in [1.82, 2.24) is 0 Å². The number of carbonyl (C=O) groups is 1. The van der Waals surface area contributed by atoms with Gasteiger partial charge in [-0.15, -0.1) is 0 Å². The van der Waals surface area contributed by atoms with E-state index in [1.165, 1.54) is 17.3 Å². The molecule has 12 heavy (non-hydrogen) atoms. The van der Waals surface area contributed by atoms with E-state index >= 15 is 0 Å². The van der Waals surface area contributed by atoms with Crippen LogP contribution in [0.1, 0.15) is 18.9 Å². The zero-order chi connectivity index (χ0) is 8.81. The maximum atomic E-state index is 10.9. The van der Waals surface area contributed by atoms with Crippen LogP contribution in [-0.4, -0.2) is 5.12 Å². The van der Waals surface area contributed by atoms with Crippen LogP contribution in [-0.2, 0) is 10.5 Å². The van der Waals surface area contributed by atoms with Crippen LogP contribution in [0.5, 0.6) is 0 Å². The summed E-state index contributed by atoms with van der Waals surface area (Å²) in [5, 5.41) is 0.263. The highest BCUT2D eigenvalue weighted by molar-refractivity contribution is 8.12. The molecule has 0 unspecified atom stereocenters. The Balaban J connectivity index is 2.38. The standard InChI is InChI=1S/C10H12OS/c1-2-10(11)12-8-9-6-4-3-5-7-9/h3-7H,2,8H2,1H3. The Hall–Kier alpha value is -0.760. The molecule has 0 aliphatic heterocycles. The van der Waals surface area contributed by atoms with Crippen LogP contribution in [0.4, 0.5) is 0 Å². The average Bonchev–Trinajstić information content (AvgIpc) is 2.16. The third-order valence-electron chi connectivity index (χ3n) is 1.53. The summed E-state index contributed by atoms with van der Waals surface area (Å²) in [5.41, 5.74) is 1.21. The molecule has 0 fully saturated rings. The predicted octanol–water partition coefficient (Wildman–Crippen LogP) is 2.86. The molecule has 0 atom stereocenters. The highest BCUT2D eigenvalue weighted by atomic mass is 32.2. The molecule has 0 heterocycles. The van der Waals surface area contributed by atoms with Gasteiger partial charge < -0.3 is 0 Å². The molecule has 0 radical (unpaired) electrons. The summed E-state index contributed by atoms with van der Waals surface area (Å²) in [7, 11) is 0. The summed E-state index contributed by atoms with van der Waals surface area (Å²) >= 11 is 1.39. The number of carbonyl (C=O) groups excluding carboxylic acids is 1. The van der Waals surface area contributed by atoms with Gasteiger partial charge in [0.25, 0.3) is 0 Å². The Kier molecular flexibility index (Phi) is 3.88. The number of thioether (sulfide) groups is 1. The van der Waals surface area contributed by atoms with Crippen molar-refractivity contribution < 1.29 is 4.79 Å². The van der Waals surface area contributed by atoms with Crippen molar-refractivity contribution in [2.75, 3.05) is 0 Å². The monoisotopic (exact) mass is 180 g/mol. The van der Waals surface area contributed by atoms with Gasteiger partial charge in [-0.2, -0.15) is 0 Å². The lowest BCUT2D eigenvalue weighted by molar-refractivity contribution is -0.110. The van der Waals surface area contributed by atoms with Gasteiger partial charge in [0, 0.05) is 12.2 Å². The average molecular weight is 180 g/mol. The first-order valence-electron chi connectivity index (χ1n) is 4.02. The zero-order valence-electron chi connectivity index (χ0n) is 7.12. The minimum atomic E-state index is 0.263. The molecule has 0 aliphatic carbocycles. The molecule has 1 aromatic carbocycles. The van der Waals surface area contributed by atoms with Gasteiger partial charge in [-0.3, -0.25) is 4.79 Å². The maximum Gasteiger partial charge on any atom is 0.188 e. The number of hydrogen-bond acceptors (Lipinski definition) is 2. The molecule has 1 nitrogen and oxygen atoms in total. The quantitative estimate of drug-likeness (QED) is 0.711. The molecule has 1 aromatic rings. The topological polar surface area (TPSA) is 17.1 Å². The number of hydrogen-bond donors (Lipinski definition) is 0. The van der Waals surface area contributed by atoms with Gasteiger partial charge >= 0.3 is 0 Å². The first kappa shape index (κ1) is 9.33. The van der Waals surface area contributed by atoms with Crippen LogP contribution in [0.25, 0.3) is 0 Å². The van der Waals surface area contributed by atoms with Gasteiger partial charge in [0.1, 0.15) is 0 Å². The Morgan fingerprint density at radius 1 is 1.33 bits per heavy atom. The Morgan fingerprint density at radius 3 is 2.58 bits per heavy atom. The van der Waals surface area contributed by atoms with Gasteiger partial charge in [0.2, 0.25) is 0 Å². The van der Waals surface area contributed by atoms with E-state index in [-0.39, 0.29) is 5.12 Å². The molecule has 0 aromatic heterocycles. The van der Waals surface area contributed by atoms with E-state index in [0.29, 0.717) is 6.42 Å². The van der Waals surface area contributed by atoms with E-state index in [9.17, 15) is 4.79 Å². The van der Waals surface area contributed by atoms with Gasteiger partial charge in [-0.05, 0) is 5.56 Å². The fourth-order valence-electron chi connectivity index (χ4n) is 0.840. The van der Waals surface area contributed by atoms with E-state index in [1.807, 2.05) is 37.3 Å². The summed E-state index contributed by atoms with van der Waals surface area (Å²) in [4.78, 5) is 10.9. The fraction of sp³-hybridized carbons (Fsp3) is 0.300. The van der Waals surface area contributed by atoms with E-state index in [1.54, 1.807) is 0 Å². The molecular weight excluding hydrogens is 168 g/mol.